The van der Waals surface area contributed by atoms with Crippen molar-refractivity contribution in [1.29, 1.82) is 10.8 Å². The van der Waals surface area contributed by atoms with Gasteiger partial charge in [0.05, 0.1) is 10.1 Å². The van der Waals surface area contributed by atoms with Crippen molar-refractivity contribution in [3.05, 3.63) is 0 Å². The van der Waals surface area contributed by atoms with Gasteiger partial charge in [0.2, 0.25) is 0 Å². The zero-order chi connectivity index (χ0) is 8.69. The molecule has 0 aromatic heterocycles. The van der Waals surface area contributed by atoms with E-state index in [1.807, 2.05) is 13.8 Å². The Morgan fingerprint density at radius 1 is 1.00 bits per heavy atom. The van der Waals surface area contributed by atoms with Crippen LogP contribution in [-0.4, -0.2) is 21.6 Å². The first-order valence-corrected chi connectivity index (χ1v) is 5.58. The summed E-state index contributed by atoms with van der Waals surface area (Å²) < 4.78 is 0. The topological polar surface area (TPSA) is 47.7 Å². The van der Waals surface area contributed by atoms with Crippen LogP contribution in [0.2, 0.25) is 0 Å². The molecule has 0 heterocycles. The summed E-state index contributed by atoms with van der Waals surface area (Å²) in [6, 6.07) is 0. The van der Waals surface area contributed by atoms with Gasteiger partial charge in [0.25, 0.3) is 0 Å². The molecular weight excluding hydrogens is 176 g/mol. The van der Waals surface area contributed by atoms with Gasteiger partial charge in [0.15, 0.2) is 0 Å². The Kier molecular flexibility index (Phi) is 6.76. The van der Waals surface area contributed by atoms with Crippen LogP contribution in [0.15, 0.2) is 0 Å². The van der Waals surface area contributed by atoms with Crippen molar-refractivity contribution in [1.82, 2.24) is 0 Å². The van der Waals surface area contributed by atoms with Gasteiger partial charge in [-0.25, -0.2) is 0 Å². The summed E-state index contributed by atoms with van der Waals surface area (Å²) in [5, 5.41) is 16.0. The highest BCUT2D eigenvalue weighted by Crippen LogP contribution is 2.11. The fourth-order valence-corrected chi connectivity index (χ4v) is 1.88. The summed E-state index contributed by atoms with van der Waals surface area (Å²) in [6.07, 6.45) is 0.525. The van der Waals surface area contributed by atoms with Gasteiger partial charge in [-0.1, -0.05) is 13.8 Å². The number of thioether (sulfide) groups is 2. The minimum atomic E-state index is 0.525. The SMILES string of the molecule is CCSC(=N)CC(=N)SCC. The van der Waals surface area contributed by atoms with Crippen molar-refractivity contribution >= 4 is 33.6 Å². The van der Waals surface area contributed by atoms with E-state index in [2.05, 4.69) is 0 Å². The van der Waals surface area contributed by atoms with Crippen LogP contribution < -0.4 is 0 Å². The monoisotopic (exact) mass is 190 g/mol. The van der Waals surface area contributed by atoms with Gasteiger partial charge in [-0.3, -0.25) is 10.8 Å². The molecule has 2 nitrogen and oxygen atoms in total. The smallest absolute Gasteiger partial charge is 0.0706 e. The first-order chi connectivity index (χ1) is 5.20. The van der Waals surface area contributed by atoms with Gasteiger partial charge in [0.1, 0.15) is 0 Å². The highest BCUT2D eigenvalue weighted by molar-refractivity contribution is 8.15. The molecule has 0 spiro atoms. The molecule has 0 rings (SSSR count). The number of rotatable bonds is 4. The van der Waals surface area contributed by atoms with Crippen molar-refractivity contribution < 1.29 is 0 Å². The number of nitrogens with one attached hydrogen (secondary N) is 2. The van der Waals surface area contributed by atoms with Crippen molar-refractivity contribution in [2.24, 2.45) is 0 Å². The minimum absolute atomic E-state index is 0.525. The summed E-state index contributed by atoms with van der Waals surface area (Å²) in [4.78, 5) is 0. The second-order valence-corrected chi connectivity index (χ2v) is 4.61. The minimum Gasteiger partial charge on any atom is -0.298 e. The lowest BCUT2D eigenvalue weighted by atomic mass is 10.5. The molecule has 0 aromatic rings. The van der Waals surface area contributed by atoms with E-state index < -0.39 is 0 Å². The molecule has 11 heavy (non-hydrogen) atoms. The normalized spacial score (nSPS) is 9.64. The van der Waals surface area contributed by atoms with E-state index in [9.17, 15) is 0 Å². The fourth-order valence-electron chi connectivity index (χ4n) is 0.596. The molecule has 0 atom stereocenters. The maximum atomic E-state index is 7.41. The Morgan fingerprint density at radius 2 is 1.36 bits per heavy atom. The fraction of sp³-hybridized carbons (Fsp3) is 0.714. The van der Waals surface area contributed by atoms with Crippen LogP contribution in [0.4, 0.5) is 0 Å². The maximum Gasteiger partial charge on any atom is 0.0706 e. The molecule has 2 N–H and O–H groups in total. The largest absolute Gasteiger partial charge is 0.298 e. The summed E-state index contributed by atoms with van der Waals surface area (Å²) in [7, 11) is 0. The highest BCUT2D eigenvalue weighted by Gasteiger charge is 2.01. The molecule has 0 unspecified atom stereocenters. The van der Waals surface area contributed by atoms with E-state index in [1.165, 1.54) is 23.5 Å². The lowest BCUT2D eigenvalue weighted by molar-refractivity contribution is 1.42. The Hall–Kier alpha value is 0.0400. The van der Waals surface area contributed by atoms with Crippen LogP contribution in [0.25, 0.3) is 0 Å². The molecular formula is C7H14N2S2. The standard InChI is InChI=1S/C7H14N2S2/c1-3-10-6(8)5-7(9)11-4-2/h8-9H,3-5H2,1-2H3. The van der Waals surface area contributed by atoms with Gasteiger partial charge in [-0.15, -0.1) is 23.5 Å². The molecule has 64 valence electrons. The predicted molar refractivity (Wildman–Crippen MR) is 56.3 cm³/mol. The lowest BCUT2D eigenvalue weighted by Crippen LogP contribution is -1.99. The molecule has 0 fully saturated rings. The third kappa shape index (κ3) is 6.44. The second kappa shape index (κ2) is 6.73. The average Bonchev–Trinajstić information content (AvgIpc) is 1.87. The molecule has 0 aliphatic heterocycles. The van der Waals surface area contributed by atoms with Crippen LogP contribution in [0.1, 0.15) is 20.3 Å². The highest BCUT2D eigenvalue weighted by atomic mass is 32.2. The predicted octanol–water partition coefficient (Wildman–Crippen LogP) is 2.84. The zero-order valence-corrected chi connectivity index (χ0v) is 8.57. The molecule has 0 saturated heterocycles. The second-order valence-electron chi connectivity index (χ2n) is 1.89. The van der Waals surface area contributed by atoms with Crippen LogP contribution in [0.3, 0.4) is 0 Å². The molecule has 4 heteroatoms. The molecule has 0 saturated carbocycles. The van der Waals surface area contributed by atoms with Gasteiger partial charge in [-0.05, 0) is 11.5 Å². The molecule has 0 aliphatic rings. The number of hydrogen-bond donors (Lipinski definition) is 2. The van der Waals surface area contributed by atoms with Crippen LogP contribution in [-0.2, 0) is 0 Å². The average molecular weight is 190 g/mol. The van der Waals surface area contributed by atoms with E-state index in [1.54, 1.807) is 0 Å². The number of hydrogen-bond acceptors (Lipinski definition) is 4. The summed E-state index contributed by atoms with van der Waals surface area (Å²) in [6.45, 7) is 4.05. The van der Waals surface area contributed by atoms with E-state index in [4.69, 9.17) is 10.8 Å². The van der Waals surface area contributed by atoms with Gasteiger partial charge < -0.3 is 0 Å². The van der Waals surface area contributed by atoms with Gasteiger partial charge >= 0.3 is 0 Å². The van der Waals surface area contributed by atoms with Crippen molar-refractivity contribution in [2.45, 2.75) is 20.3 Å². The maximum absolute atomic E-state index is 7.41. The van der Waals surface area contributed by atoms with Crippen LogP contribution >= 0.6 is 23.5 Å². The molecule has 0 radical (unpaired) electrons. The lowest BCUT2D eigenvalue weighted by Gasteiger charge is -2.01. The molecule has 0 bridgehead atoms. The zero-order valence-electron chi connectivity index (χ0n) is 6.94. The molecule has 0 aliphatic carbocycles. The van der Waals surface area contributed by atoms with Crippen molar-refractivity contribution in [3.63, 3.8) is 0 Å². The Labute approximate surface area is 76.5 Å². The summed E-state index contributed by atoms with van der Waals surface area (Å²) in [5.74, 6) is 1.87. The Morgan fingerprint density at radius 3 is 1.64 bits per heavy atom. The first-order valence-electron chi connectivity index (χ1n) is 3.61. The van der Waals surface area contributed by atoms with E-state index in [0.717, 1.165) is 11.5 Å². The molecule has 0 aromatic carbocycles. The summed E-state index contributed by atoms with van der Waals surface area (Å²) in [5.41, 5.74) is 0. The third-order valence-corrected chi connectivity index (χ3v) is 2.52. The third-order valence-electron chi connectivity index (χ3n) is 0.958. The van der Waals surface area contributed by atoms with E-state index in [-0.39, 0.29) is 0 Å². The van der Waals surface area contributed by atoms with Crippen molar-refractivity contribution in [3.8, 4) is 0 Å². The van der Waals surface area contributed by atoms with E-state index in [0.29, 0.717) is 16.5 Å². The molecule has 0 amide bonds. The van der Waals surface area contributed by atoms with Gasteiger partial charge in [0, 0.05) is 6.42 Å². The summed E-state index contributed by atoms with van der Waals surface area (Å²) >= 11 is 3.03. The van der Waals surface area contributed by atoms with E-state index >= 15 is 0 Å². The Balaban J connectivity index is 3.49. The van der Waals surface area contributed by atoms with Crippen molar-refractivity contribution in [2.75, 3.05) is 11.5 Å². The van der Waals surface area contributed by atoms with Crippen LogP contribution in [0.5, 0.6) is 0 Å². The van der Waals surface area contributed by atoms with Crippen LogP contribution in [0, 0.1) is 10.8 Å². The van der Waals surface area contributed by atoms with Gasteiger partial charge in [-0.2, -0.15) is 0 Å². The Bertz CT molecular complexity index is 129. The quantitative estimate of drug-likeness (QED) is 0.529. The first kappa shape index (κ1) is 11.0.